The maximum atomic E-state index is 13.3. The van der Waals surface area contributed by atoms with Crippen molar-refractivity contribution in [2.45, 2.75) is 151 Å². The number of methoxy groups -OCH3 is 1. The number of carbonyl (C=O) groups excluding carboxylic acids is 1. The van der Waals surface area contributed by atoms with Gasteiger partial charge in [-0.05, 0) is 100 Å². The highest BCUT2D eigenvalue weighted by atomic mass is 16.8. The standard InChI is InChI=1S/C37H54O14/c1-18-27(41)31(46-3)32(51-33-30(44)29(43)28(42)25(15-38)50-33)34(48-18)49-21-8-12-36(17-39)20(14-21)5-6-24-23(36)9-11-35(2)22(10-13-37(24,35)45)19-4-7-26(40)47-16-19/h4,7,16-18,20-25,27-34,38,41-45H,5-6,8-15H2,1-3H3. The van der Waals surface area contributed by atoms with E-state index >= 15 is 0 Å². The average molecular weight is 723 g/mol. The zero-order chi connectivity index (χ0) is 36.5. The largest absolute Gasteiger partial charge is 0.431 e. The van der Waals surface area contributed by atoms with Crippen LogP contribution in [0.3, 0.4) is 0 Å². The van der Waals surface area contributed by atoms with E-state index in [4.69, 9.17) is 28.1 Å². The molecule has 0 aromatic carbocycles. The molecule has 4 saturated carbocycles. The lowest BCUT2D eigenvalue weighted by Crippen LogP contribution is -2.65. The molecule has 4 aliphatic carbocycles. The molecule has 0 amide bonds. The molecule has 1 aromatic heterocycles. The Morgan fingerprint density at radius 3 is 2.35 bits per heavy atom. The molecule has 51 heavy (non-hydrogen) atoms. The predicted molar refractivity (Wildman–Crippen MR) is 176 cm³/mol. The van der Waals surface area contributed by atoms with Crippen LogP contribution < -0.4 is 5.63 Å². The van der Waals surface area contributed by atoms with E-state index in [0.717, 1.165) is 44.0 Å². The van der Waals surface area contributed by atoms with Gasteiger partial charge in [-0.25, -0.2) is 4.79 Å². The van der Waals surface area contributed by atoms with Gasteiger partial charge in [0, 0.05) is 24.0 Å². The molecule has 6 aliphatic rings. The third-order valence-corrected chi connectivity index (χ3v) is 14.2. The summed E-state index contributed by atoms with van der Waals surface area (Å²) in [5, 5.41) is 64.5. The smallest absolute Gasteiger partial charge is 0.335 e. The normalized spacial score (nSPS) is 51.3. The number of hydrogen-bond acceptors (Lipinski definition) is 14. The lowest BCUT2D eigenvalue weighted by atomic mass is 9.43. The number of aliphatic hydroxyl groups is 6. The second-order valence-corrected chi connectivity index (χ2v) is 16.3. The van der Waals surface area contributed by atoms with Crippen molar-refractivity contribution < 1.29 is 63.5 Å². The summed E-state index contributed by atoms with van der Waals surface area (Å²) in [5.74, 6) is 0.0330. The Bertz CT molecular complexity index is 1430. The van der Waals surface area contributed by atoms with Gasteiger partial charge in [0.05, 0.1) is 30.7 Å². The van der Waals surface area contributed by atoms with E-state index in [9.17, 15) is 40.2 Å². The van der Waals surface area contributed by atoms with E-state index in [1.54, 1.807) is 6.92 Å². The zero-order valence-electron chi connectivity index (χ0n) is 29.5. The van der Waals surface area contributed by atoms with Gasteiger partial charge in [0.15, 0.2) is 12.6 Å². The summed E-state index contributed by atoms with van der Waals surface area (Å²) in [5.41, 5.74) is -1.46. The number of aldehydes is 1. The van der Waals surface area contributed by atoms with Crippen molar-refractivity contribution in [2.75, 3.05) is 13.7 Å². The molecule has 2 aliphatic heterocycles. The van der Waals surface area contributed by atoms with Gasteiger partial charge in [-0.3, -0.25) is 0 Å². The highest BCUT2D eigenvalue weighted by Crippen LogP contribution is 2.70. The first-order chi connectivity index (χ1) is 24.3. The Hall–Kier alpha value is -1.82. The van der Waals surface area contributed by atoms with Crippen molar-refractivity contribution in [1.82, 2.24) is 0 Å². The Balaban J connectivity index is 1.08. The fourth-order valence-electron chi connectivity index (χ4n) is 11.4. The molecule has 6 fully saturated rings. The molecule has 286 valence electrons. The minimum Gasteiger partial charge on any atom is -0.431 e. The number of fused-ring (bicyclic) bond motifs is 5. The molecule has 1 aromatic rings. The van der Waals surface area contributed by atoms with E-state index in [2.05, 4.69) is 6.92 Å². The molecular formula is C37H54O14. The van der Waals surface area contributed by atoms with Crippen LogP contribution in [0.15, 0.2) is 27.6 Å². The summed E-state index contributed by atoms with van der Waals surface area (Å²) in [7, 11) is 1.40. The minimum atomic E-state index is -1.67. The van der Waals surface area contributed by atoms with Crippen LogP contribution in [0.4, 0.5) is 0 Å². The molecule has 0 spiro atoms. The Morgan fingerprint density at radius 1 is 0.882 bits per heavy atom. The summed E-state index contributed by atoms with van der Waals surface area (Å²) in [4.78, 5) is 24.9. The van der Waals surface area contributed by atoms with Crippen molar-refractivity contribution in [2.24, 2.45) is 28.6 Å². The van der Waals surface area contributed by atoms with Crippen LogP contribution in [-0.2, 0) is 28.5 Å². The molecule has 7 rings (SSSR count). The molecule has 2 saturated heterocycles. The van der Waals surface area contributed by atoms with Crippen molar-refractivity contribution >= 4 is 6.29 Å². The van der Waals surface area contributed by atoms with Gasteiger partial charge in [0.2, 0.25) is 0 Å². The van der Waals surface area contributed by atoms with Gasteiger partial charge in [0.1, 0.15) is 49.0 Å². The summed E-state index contributed by atoms with van der Waals surface area (Å²) in [6.07, 6.45) is -4.11. The lowest BCUT2D eigenvalue weighted by Gasteiger charge is -2.63. The second kappa shape index (κ2) is 14.1. The van der Waals surface area contributed by atoms with E-state index in [0.29, 0.717) is 25.7 Å². The first kappa shape index (κ1) is 37.5. The van der Waals surface area contributed by atoms with Gasteiger partial charge < -0.3 is 63.5 Å². The van der Waals surface area contributed by atoms with Crippen LogP contribution in [0.5, 0.6) is 0 Å². The van der Waals surface area contributed by atoms with E-state index in [-0.39, 0.29) is 29.8 Å². The predicted octanol–water partition coefficient (Wildman–Crippen LogP) is 0.751. The highest BCUT2D eigenvalue weighted by Gasteiger charge is 2.68. The van der Waals surface area contributed by atoms with Crippen molar-refractivity contribution in [3.8, 4) is 0 Å². The Labute approximate surface area is 297 Å². The molecule has 0 radical (unpaired) electrons. The maximum Gasteiger partial charge on any atom is 0.335 e. The van der Waals surface area contributed by atoms with Crippen LogP contribution in [0.25, 0.3) is 0 Å². The number of aliphatic hydroxyl groups excluding tert-OH is 5. The number of hydrogen-bond donors (Lipinski definition) is 6. The van der Waals surface area contributed by atoms with Crippen molar-refractivity contribution in [3.63, 3.8) is 0 Å². The molecule has 14 nitrogen and oxygen atoms in total. The lowest BCUT2D eigenvalue weighted by molar-refractivity contribution is -0.372. The van der Waals surface area contributed by atoms with Gasteiger partial charge in [-0.1, -0.05) is 6.92 Å². The van der Waals surface area contributed by atoms with E-state index in [1.165, 1.54) is 19.4 Å². The van der Waals surface area contributed by atoms with Gasteiger partial charge in [-0.15, -0.1) is 0 Å². The summed E-state index contributed by atoms with van der Waals surface area (Å²) < 4.78 is 35.3. The fraction of sp³-hybridized carbons (Fsp3) is 0.838. The first-order valence-electron chi connectivity index (χ1n) is 18.6. The number of rotatable bonds is 8. The Morgan fingerprint density at radius 2 is 1.67 bits per heavy atom. The van der Waals surface area contributed by atoms with Crippen LogP contribution in [0, 0.1) is 28.6 Å². The molecule has 6 N–H and O–H groups in total. The number of ether oxygens (including phenoxy) is 5. The summed E-state index contributed by atoms with van der Waals surface area (Å²) >= 11 is 0. The molecular weight excluding hydrogens is 668 g/mol. The summed E-state index contributed by atoms with van der Waals surface area (Å²) in [6, 6.07) is 3.26. The van der Waals surface area contributed by atoms with Crippen LogP contribution in [-0.4, -0.2) is 124 Å². The highest BCUT2D eigenvalue weighted by molar-refractivity contribution is 5.62. The SMILES string of the molecule is COC1C(O)C(C)OC(OC2CCC3(C=O)C(CCC4C3CCC3(C)C(c5ccc(=O)oc5)CCC43O)C2)C1OC1OC(CO)C(O)C(O)C1O. The van der Waals surface area contributed by atoms with Gasteiger partial charge in [-0.2, -0.15) is 0 Å². The third kappa shape index (κ3) is 5.97. The molecule has 0 bridgehead atoms. The van der Waals surface area contributed by atoms with Crippen molar-refractivity contribution in [1.29, 1.82) is 0 Å². The molecule has 18 atom stereocenters. The molecule has 18 unspecified atom stereocenters. The van der Waals surface area contributed by atoms with E-state index in [1.807, 2.05) is 6.07 Å². The van der Waals surface area contributed by atoms with Gasteiger partial charge >= 0.3 is 5.63 Å². The fourth-order valence-corrected chi connectivity index (χ4v) is 11.4. The van der Waals surface area contributed by atoms with E-state index < -0.39 is 90.1 Å². The average Bonchev–Trinajstić information content (AvgIpc) is 3.41. The van der Waals surface area contributed by atoms with Crippen molar-refractivity contribution in [3.05, 3.63) is 34.4 Å². The van der Waals surface area contributed by atoms with Crippen LogP contribution >= 0.6 is 0 Å². The minimum absolute atomic E-state index is 0.0122. The monoisotopic (exact) mass is 722 g/mol. The Kier molecular flexibility index (Phi) is 10.4. The van der Waals surface area contributed by atoms with Gasteiger partial charge in [0.25, 0.3) is 0 Å². The van der Waals surface area contributed by atoms with Crippen LogP contribution in [0.2, 0.25) is 0 Å². The number of carbonyl (C=O) groups is 1. The quantitative estimate of drug-likeness (QED) is 0.161. The summed E-state index contributed by atoms with van der Waals surface area (Å²) in [6.45, 7) is 3.21. The maximum absolute atomic E-state index is 13.3. The molecule has 3 heterocycles. The third-order valence-electron chi connectivity index (χ3n) is 14.2. The van der Waals surface area contributed by atoms with Crippen LogP contribution in [0.1, 0.15) is 83.1 Å². The molecule has 14 heteroatoms. The zero-order valence-corrected chi connectivity index (χ0v) is 29.5. The first-order valence-corrected chi connectivity index (χ1v) is 18.6. The second-order valence-electron chi connectivity index (χ2n) is 16.3. The topological polar surface area (TPSA) is 215 Å².